The quantitative estimate of drug-likeness (QED) is 0.738. The molecule has 0 aliphatic carbocycles. The Morgan fingerprint density at radius 2 is 2.12 bits per heavy atom. The highest BCUT2D eigenvalue weighted by Crippen LogP contribution is 1.97. The van der Waals surface area contributed by atoms with E-state index in [0.29, 0.717) is 30.8 Å². The average Bonchev–Trinajstić information content (AvgIpc) is 2.30. The molecule has 0 saturated heterocycles. The minimum atomic E-state index is -0.432. The van der Waals surface area contributed by atoms with Gasteiger partial charge in [-0.15, -0.1) is 0 Å². The number of methoxy groups -OCH3 is 1. The highest BCUT2D eigenvalue weighted by molar-refractivity contribution is 9.10. The van der Waals surface area contributed by atoms with Crippen LogP contribution in [0.15, 0.2) is 20.3 Å². The van der Waals surface area contributed by atoms with Crippen LogP contribution in [0.4, 0.5) is 0 Å². The fourth-order valence-electron chi connectivity index (χ4n) is 1.22. The van der Waals surface area contributed by atoms with Gasteiger partial charge in [0, 0.05) is 26.5 Å². The second-order valence-corrected chi connectivity index (χ2v) is 4.24. The summed E-state index contributed by atoms with van der Waals surface area (Å²) in [5.74, 6) is 0. The lowest BCUT2D eigenvalue weighted by molar-refractivity contribution is 0.0970. The summed E-state index contributed by atoms with van der Waals surface area (Å²) in [6.07, 6.45) is 2.28. The van der Waals surface area contributed by atoms with Crippen LogP contribution in [0, 0.1) is 0 Å². The van der Waals surface area contributed by atoms with Gasteiger partial charge in [-0.25, -0.2) is 4.79 Å². The third-order valence-corrected chi connectivity index (χ3v) is 2.65. The number of nitrogens with zero attached hydrogens (tertiary/aromatic N) is 1. The van der Waals surface area contributed by atoms with Crippen LogP contribution >= 0.6 is 15.9 Å². The molecule has 0 amide bonds. The van der Waals surface area contributed by atoms with Gasteiger partial charge in [-0.1, -0.05) is 0 Å². The summed E-state index contributed by atoms with van der Waals surface area (Å²) in [7, 11) is 1.64. The molecule has 1 rings (SSSR count). The zero-order chi connectivity index (χ0) is 12.7. The predicted molar refractivity (Wildman–Crippen MR) is 66.3 cm³/mol. The van der Waals surface area contributed by atoms with Gasteiger partial charge < -0.3 is 9.47 Å². The number of ether oxygens (including phenoxy) is 2. The van der Waals surface area contributed by atoms with E-state index in [1.54, 1.807) is 7.11 Å². The van der Waals surface area contributed by atoms with E-state index in [2.05, 4.69) is 20.9 Å². The monoisotopic (exact) mass is 306 g/mol. The Morgan fingerprint density at radius 3 is 2.82 bits per heavy atom. The summed E-state index contributed by atoms with van der Waals surface area (Å²) in [5, 5.41) is 0. The maximum atomic E-state index is 11.4. The lowest BCUT2D eigenvalue weighted by Crippen LogP contribution is -2.31. The van der Waals surface area contributed by atoms with E-state index in [4.69, 9.17) is 9.47 Å². The van der Waals surface area contributed by atoms with Gasteiger partial charge in [0.2, 0.25) is 0 Å². The molecule has 0 saturated carbocycles. The van der Waals surface area contributed by atoms with Crippen LogP contribution in [-0.4, -0.2) is 36.5 Å². The molecule has 0 unspecified atom stereocenters. The molecule has 0 fully saturated rings. The van der Waals surface area contributed by atoms with Crippen molar-refractivity contribution in [3.05, 3.63) is 31.5 Å². The topological polar surface area (TPSA) is 73.3 Å². The van der Waals surface area contributed by atoms with Crippen molar-refractivity contribution in [2.45, 2.75) is 13.0 Å². The Bertz CT molecular complexity index is 454. The number of rotatable bonds is 7. The third-order valence-electron chi connectivity index (χ3n) is 2.08. The molecule has 0 atom stereocenters. The Hall–Kier alpha value is -0.920. The van der Waals surface area contributed by atoms with Gasteiger partial charge in [0.05, 0.1) is 17.6 Å². The summed E-state index contributed by atoms with van der Waals surface area (Å²) >= 11 is 3.06. The summed E-state index contributed by atoms with van der Waals surface area (Å²) in [6, 6.07) is 0. The number of hydrogen-bond donors (Lipinski definition) is 1. The van der Waals surface area contributed by atoms with E-state index in [0.717, 1.165) is 6.42 Å². The van der Waals surface area contributed by atoms with Gasteiger partial charge >= 0.3 is 5.69 Å². The Morgan fingerprint density at radius 1 is 1.35 bits per heavy atom. The lowest BCUT2D eigenvalue weighted by atomic mass is 10.5. The SMILES string of the molecule is COCCCOCCn1cc(Br)c(=O)[nH]c1=O. The van der Waals surface area contributed by atoms with Crippen LogP contribution < -0.4 is 11.2 Å². The van der Waals surface area contributed by atoms with E-state index in [9.17, 15) is 9.59 Å². The second kappa shape index (κ2) is 7.41. The molecule has 0 aromatic carbocycles. The van der Waals surface area contributed by atoms with Crippen LogP contribution in [-0.2, 0) is 16.0 Å². The number of hydrogen-bond acceptors (Lipinski definition) is 4. The fraction of sp³-hybridized carbons (Fsp3) is 0.600. The first-order valence-corrected chi connectivity index (χ1v) is 6.00. The largest absolute Gasteiger partial charge is 0.385 e. The van der Waals surface area contributed by atoms with Crippen molar-refractivity contribution in [3.63, 3.8) is 0 Å². The Labute approximate surface area is 107 Å². The van der Waals surface area contributed by atoms with Crippen LogP contribution in [0.3, 0.4) is 0 Å². The molecule has 0 aliphatic rings. The second-order valence-electron chi connectivity index (χ2n) is 3.39. The van der Waals surface area contributed by atoms with Crippen molar-refractivity contribution >= 4 is 15.9 Å². The number of aromatic amines is 1. The van der Waals surface area contributed by atoms with E-state index in [1.807, 2.05) is 0 Å². The highest BCUT2D eigenvalue weighted by Gasteiger charge is 2.01. The highest BCUT2D eigenvalue weighted by atomic mass is 79.9. The van der Waals surface area contributed by atoms with E-state index < -0.39 is 11.2 Å². The first-order valence-electron chi connectivity index (χ1n) is 5.21. The molecule has 96 valence electrons. The molecular weight excluding hydrogens is 292 g/mol. The van der Waals surface area contributed by atoms with E-state index in [1.165, 1.54) is 10.8 Å². The first-order chi connectivity index (χ1) is 8.15. The summed E-state index contributed by atoms with van der Waals surface area (Å²) in [5.41, 5.74) is -0.856. The minimum Gasteiger partial charge on any atom is -0.385 e. The maximum Gasteiger partial charge on any atom is 0.328 e. The van der Waals surface area contributed by atoms with Crippen molar-refractivity contribution < 1.29 is 9.47 Å². The summed E-state index contributed by atoms with van der Waals surface area (Å²) in [4.78, 5) is 24.6. The van der Waals surface area contributed by atoms with Gasteiger partial charge in [0.1, 0.15) is 0 Å². The van der Waals surface area contributed by atoms with Gasteiger partial charge in [-0.05, 0) is 22.4 Å². The molecule has 1 aromatic rings. The van der Waals surface area contributed by atoms with Crippen molar-refractivity contribution in [2.75, 3.05) is 26.9 Å². The molecule has 0 bridgehead atoms. The molecule has 1 heterocycles. The van der Waals surface area contributed by atoms with Crippen molar-refractivity contribution in [1.82, 2.24) is 9.55 Å². The fourth-order valence-corrected chi connectivity index (χ4v) is 1.57. The summed E-state index contributed by atoms with van der Waals surface area (Å²) < 4.78 is 11.9. The Kier molecular flexibility index (Phi) is 6.17. The van der Waals surface area contributed by atoms with Crippen LogP contribution in [0.25, 0.3) is 0 Å². The molecule has 17 heavy (non-hydrogen) atoms. The molecular formula is C10H15BrN2O4. The van der Waals surface area contributed by atoms with Gasteiger partial charge in [-0.3, -0.25) is 14.3 Å². The standard InChI is InChI=1S/C10H15BrN2O4/c1-16-4-2-5-17-6-3-13-7-8(11)9(14)12-10(13)15/h7H,2-6H2,1H3,(H,12,14,15). The molecule has 7 heteroatoms. The molecule has 6 nitrogen and oxygen atoms in total. The van der Waals surface area contributed by atoms with Gasteiger partial charge in [-0.2, -0.15) is 0 Å². The third kappa shape index (κ3) is 4.84. The average molecular weight is 307 g/mol. The molecule has 1 N–H and O–H groups in total. The van der Waals surface area contributed by atoms with Crippen LogP contribution in [0.5, 0.6) is 0 Å². The van der Waals surface area contributed by atoms with Crippen molar-refractivity contribution in [3.8, 4) is 0 Å². The number of halogens is 1. The molecule has 0 aliphatic heterocycles. The number of aromatic nitrogens is 2. The normalized spacial score (nSPS) is 10.7. The molecule has 1 aromatic heterocycles. The van der Waals surface area contributed by atoms with Crippen molar-refractivity contribution in [1.29, 1.82) is 0 Å². The van der Waals surface area contributed by atoms with E-state index >= 15 is 0 Å². The first kappa shape index (κ1) is 14.1. The lowest BCUT2D eigenvalue weighted by Gasteiger charge is -2.06. The number of nitrogens with one attached hydrogen (secondary N) is 1. The predicted octanol–water partition coefficient (Wildman–Crippen LogP) is 0.352. The maximum absolute atomic E-state index is 11.4. The van der Waals surface area contributed by atoms with Gasteiger partial charge in [0.15, 0.2) is 0 Å². The molecule has 0 spiro atoms. The van der Waals surface area contributed by atoms with E-state index in [-0.39, 0.29) is 0 Å². The van der Waals surface area contributed by atoms with Crippen molar-refractivity contribution in [2.24, 2.45) is 0 Å². The molecule has 0 radical (unpaired) electrons. The number of H-pyrrole nitrogens is 1. The van der Waals surface area contributed by atoms with Gasteiger partial charge in [0.25, 0.3) is 5.56 Å². The van der Waals surface area contributed by atoms with Crippen LogP contribution in [0.1, 0.15) is 6.42 Å². The zero-order valence-electron chi connectivity index (χ0n) is 9.57. The zero-order valence-corrected chi connectivity index (χ0v) is 11.2. The minimum absolute atomic E-state index is 0.330. The Balaban J connectivity index is 2.39. The smallest absolute Gasteiger partial charge is 0.328 e. The van der Waals surface area contributed by atoms with Crippen LogP contribution in [0.2, 0.25) is 0 Å². The summed E-state index contributed by atoms with van der Waals surface area (Å²) in [6.45, 7) is 2.07.